The molecular formula is C19H26N8O. The van der Waals surface area contributed by atoms with Crippen LogP contribution in [0.4, 0.5) is 0 Å². The van der Waals surface area contributed by atoms with Crippen molar-refractivity contribution in [3.8, 4) is 12.3 Å². The number of ether oxygens (including phenoxy) is 1. The van der Waals surface area contributed by atoms with Crippen molar-refractivity contribution in [2.45, 2.75) is 51.4 Å². The second kappa shape index (κ2) is 9.48. The van der Waals surface area contributed by atoms with Gasteiger partial charge < -0.3 is 10.1 Å². The van der Waals surface area contributed by atoms with E-state index in [0.717, 1.165) is 24.1 Å². The molecule has 0 bridgehead atoms. The van der Waals surface area contributed by atoms with Crippen LogP contribution in [0.1, 0.15) is 49.3 Å². The first-order chi connectivity index (χ1) is 13.7. The van der Waals surface area contributed by atoms with E-state index in [1.54, 1.807) is 4.68 Å². The summed E-state index contributed by atoms with van der Waals surface area (Å²) in [5, 5.41) is 24.1. The van der Waals surface area contributed by atoms with Crippen molar-refractivity contribution in [2.24, 2.45) is 10.2 Å². The van der Waals surface area contributed by atoms with Crippen molar-refractivity contribution in [3.63, 3.8) is 0 Å². The fraction of sp³-hybridized carbons (Fsp3) is 0.579. The van der Waals surface area contributed by atoms with Crippen molar-refractivity contribution < 1.29 is 4.74 Å². The molecule has 0 fully saturated rings. The molecule has 1 atom stereocenters. The van der Waals surface area contributed by atoms with Crippen LogP contribution in [0.15, 0.2) is 28.6 Å². The van der Waals surface area contributed by atoms with Gasteiger partial charge in [-0.3, -0.25) is 4.98 Å². The van der Waals surface area contributed by atoms with Gasteiger partial charge in [0, 0.05) is 38.6 Å². The lowest BCUT2D eigenvalue weighted by Gasteiger charge is -2.19. The summed E-state index contributed by atoms with van der Waals surface area (Å²) in [5.74, 6) is 3.36. The Bertz CT molecular complexity index is 817. The summed E-state index contributed by atoms with van der Waals surface area (Å²) >= 11 is 0. The minimum Gasteiger partial charge on any atom is -0.380 e. The standard InChI is InChI=1S/C19H26N8O/c1-4-6-9-19(23-24-19)10-11-20-17(16-8-7-15(3)14-21-16)18-22-25-26-27(18)12-13-28-5-2/h1,7-8,14,17,20H,5-6,9-13H2,2-3H3. The fourth-order valence-electron chi connectivity index (χ4n) is 2.94. The van der Waals surface area contributed by atoms with E-state index in [9.17, 15) is 0 Å². The smallest absolute Gasteiger partial charge is 0.193 e. The third-order valence-electron chi connectivity index (χ3n) is 4.63. The average Bonchev–Trinajstić information content (AvgIpc) is 3.33. The maximum absolute atomic E-state index is 5.44. The Balaban J connectivity index is 1.71. The Kier molecular flexibility index (Phi) is 6.79. The highest BCUT2D eigenvalue weighted by Gasteiger charge is 2.38. The first-order valence-electron chi connectivity index (χ1n) is 9.55. The van der Waals surface area contributed by atoms with Gasteiger partial charge in [-0.05, 0) is 35.9 Å². The molecule has 9 nitrogen and oxygen atoms in total. The Morgan fingerprint density at radius 1 is 1.32 bits per heavy atom. The Morgan fingerprint density at radius 3 is 2.86 bits per heavy atom. The molecule has 0 aromatic carbocycles. The molecule has 0 aliphatic carbocycles. The summed E-state index contributed by atoms with van der Waals surface area (Å²) in [5.41, 5.74) is 1.63. The molecule has 0 saturated carbocycles. The SMILES string of the molecule is C#CCCC1(CCNC(c2ccc(C)cn2)c2nnnn2CCOCC)N=N1. The van der Waals surface area contributed by atoms with Crippen LogP contribution in [0.2, 0.25) is 0 Å². The molecule has 1 N–H and O–H groups in total. The van der Waals surface area contributed by atoms with Crippen LogP contribution in [-0.2, 0) is 11.3 Å². The van der Waals surface area contributed by atoms with Gasteiger partial charge in [-0.1, -0.05) is 6.07 Å². The van der Waals surface area contributed by atoms with Crippen LogP contribution in [-0.4, -0.2) is 50.6 Å². The molecule has 3 rings (SSSR count). The van der Waals surface area contributed by atoms with Crippen molar-refractivity contribution in [3.05, 3.63) is 35.4 Å². The van der Waals surface area contributed by atoms with Crippen molar-refractivity contribution >= 4 is 0 Å². The minimum absolute atomic E-state index is 0.235. The summed E-state index contributed by atoms with van der Waals surface area (Å²) in [7, 11) is 0. The van der Waals surface area contributed by atoms with Crippen molar-refractivity contribution in [1.82, 2.24) is 30.5 Å². The first-order valence-corrected chi connectivity index (χ1v) is 9.55. The molecule has 1 aliphatic rings. The quantitative estimate of drug-likeness (QED) is 0.445. The lowest BCUT2D eigenvalue weighted by Crippen LogP contribution is -2.30. The predicted octanol–water partition coefficient (Wildman–Crippen LogP) is 2.06. The minimum atomic E-state index is -0.328. The molecule has 0 amide bonds. The molecule has 0 spiro atoms. The molecule has 0 radical (unpaired) electrons. The van der Waals surface area contributed by atoms with E-state index >= 15 is 0 Å². The molecule has 148 valence electrons. The number of hydrogen-bond acceptors (Lipinski definition) is 8. The lowest BCUT2D eigenvalue weighted by molar-refractivity contribution is 0.134. The van der Waals surface area contributed by atoms with Crippen LogP contribution in [0.5, 0.6) is 0 Å². The largest absolute Gasteiger partial charge is 0.380 e. The number of aromatic nitrogens is 5. The topological polar surface area (TPSA) is 102 Å². The van der Waals surface area contributed by atoms with Gasteiger partial charge in [0.1, 0.15) is 6.04 Å². The summed E-state index contributed by atoms with van der Waals surface area (Å²) in [6.07, 6.45) is 9.44. The molecular weight excluding hydrogens is 356 g/mol. The van der Waals surface area contributed by atoms with Gasteiger partial charge in [0.2, 0.25) is 0 Å². The fourth-order valence-corrected chi connectivity index (χ4v) is 2.94. The van der Waals surface area contributed by atoms with Crippen LogP contribution >= 0.6 is 0 Å². The summed E-state index contributed by atoms with van der Waals surface area (Å²) in [6.45, 7) is 6.45. The van der Waals surface area contributed by atoms with Crippen LogP contribution in [0.3, 0.4) is 0 Å². The molecule has 9 heteroatoms. The highest BCUT2D eigenvalue weighted by atomic mass is 16.5. The zero-order valence-corrected chi connectivity index (χ0v) is 16.4. The number of tetrazole rings is 1. The Hall–Kier alpha value is -2.70. The van der Waals surface area contributed by atoms with E-state index in [2.05, 4.69) is 42.0 Å². The maximum Gasteiger partial charge on any atom is 0.193 e. The molecule has 0 saturated heterocycles. The van der Waals surface area contributed by atoms with Gasteiger partial charge in [-0.2, -0.15) is 10.2 Å². The molecule has 3 heterocycles. The third kappa shape index (κ3) is 5.18. The molecule has 1 unspecified atom stereocenters. The van der Waals surface area contributed by atoms with E-state index in [0.29, 0.717) is 38.5 Å². The van der Waals surface area contributed by atoms with Crippen molar-refractivity contribution in [1.29, 1.82) is 0 Å². The molecule has 1 aliphatic heterocycles. The van der Waals surface area contributed by atoms with E-state index in [1.165, 1.54) is 0 Å². The molecule has 2 aromatic rings. The zero-order valence-electron chi connectivity index (χ0n) is 16.4. The van der Waals surface area contributed by atoms with E-state index in [1.807, 2.05) is 32.2 Å². The maximum atomic E-state index is 5.44. The number of hydrogen-bond donors (Lipinski definition) is 1. The van der Waals surface area contributed by atoms with Gasteiger partial charge in [0.25, 0.3) is 0 Å². The lowest BCUT2D eigenvalue weighted by atomic mass is 10.0. The number of nitrogens with zero attached hydrogens (tertiary/aromatic N) is 7. The third-order valence-corrected chi connectivity index (χ3v) is 4.63. The second-order valence-corrected chi connectivity index (χ2v) is 6.74. The van der Waals surface area contributed by atoms with Crippen LogP contribution in [0, 0.1) is 19.3 Å². The van der Waals surface area contributed by atoms with E-state index in [4.69, 9.17) is 11.2 Å². The van der Waals surface area contributed by atoms with Gasteiger partial charge in [-0.15, -0.1) is 17.4 Å². The number of rotatable bonds is 12. The van der Waals surface area contributed by atoms with E-state index < -0.39 is 0 Å². The first kappa shape index (κ1) is 20.0. The van der Waals surface area contributed by atoms with Gasteiger partial charge in [0.15, 0.2) is 11.5 Å². The highest BCUT2D eigenvalue weighted by Crippen LogP contribution is 2.36. The van der Waals surface area contributed by atoms with Gasteiger partial charge in [-0.25, -0.2) is 4.68 Å². The molecule has 28 heavy (non-hydrogen) atoms. The monoisotopic (exact) mass is 382 g/mol. The molecule has 2 aromatic heterocycles. The number of nitrogens with one attached hydrogen (secondary N) is 1. The summed E-state index contributed by atoms with van der Waals surface area (Å²) in [4.78, 5) is 4.58. The number of aryl methyl sites for hydroxylation is 1. The van der Waals surface area contributed by atoms with Crippen LogP contribution < -0.4 is 5.32 Å². The second-order valence-electron chi connectivity index (χ2n) is 6.74. The van der Waals surface area contributed by atoms with Crippen molar-refractivity contribution in [2.75, 3.05) is 19.8 Å². The normalized spacial score (nSPS) is 15.3. The Morgan fingerprint density at radius 2 is 2.18 bits per heavy atom. The van der Waals surface area contributed by atoms with E-state index in [-0.39, 0.29) is 11.7 Å². The zero-order chi connectivity index (χ0) is 19.8. The van der Waals surface area contributed by atoms with Crippen LogP contribution in [0.25, 0.3) is 0 Å². The number of pyridine rings is 1. The van der Waals surface area contributed by atoms with Gasteiger partial charge >= 0.3 is 0 Å². The number of terminal acetylenes is 1. The average molecular weight is 382 g/mol. The Labute approximate surface area is 165 Å². The van der Waals surface area contributed by atoms with Gasteiger partial charge in [0.05, 0.1) is 18.8 Å². The highest BCUT2D eigenvalue weighted by molar-refractivity contribution is 5.20. The summed E-state index contributed by atoms with van der Waals surface area (Å²) < 4.78 is 7.20. The predicted molar refractivity (Wildman–Crippen MR) is 103 cm³/mol. The summed E-state index contributed by atoms with van der Waals surface area (Å²) in [6, 6.07) is 3.79.